The summed E-state index contributed by atoms with van der Waals surface area (Å²) in [5.41, 5.74) is 6.53. The van der Waals surface area contributed by atoms with Gasteiger partial charge in [-0.1, -0.05) is 12.1 Å². The molecule has 7 heteroatoms. The van der Waals surface area contributed by atoms with Gasteiger partial charge in [-0.3, -0.25) is 9.59 Å². The number of ether oxygens (including phenoxy) is 1. The van der Waals surface area contributed by atoms with E-state index in [0.717, 1.165) is 5.56 Å². The highest BCUT2D eigenvalue weighted by Crippen LogP contribution is 2.13. The number of rotatable bonds is 8. The molecule has 0 aliphatic rings. The fourth-order valence-corrected chi connectivity index (χ4v) is 1.61. The Hall–Kier alpha value is -2.15. The number of carboxylic acids is 1. The van der Waals surface area contributed by atoms with Crippen LogP contribution in [0.3, 0.4) is 0 Å². The van der Waals surface area contributed by atoms with E-state index < -0.39 is 30.6 Å². The molecule has 116 valence electrons. The summed E-state index contributed by atoms with van der Waals surface area (Å²) >= 11 is 0. The molecule has 1 amide bonds. The summed E-state index contributed by atoms with van der Waals surface area (Å²) in [6, 6.07) is 4.94. The number of nitrogens with one attached hydrogen (secondary N) is 1. The standard InChI is InChI=1S/C14H19FN2O4/c1-9(14(19)20)17-13(18)12(16)8-10-2-4-11(5-3-10)21-7-6-15/h2-5,9,12H,6-8,16H2,1H3,(H,17,18)(H,19,20)/t9-,12-/m0/s1. The first-order chi connectivity index (χ1) is 9.93. The van der Waals surface area contributed by atoms with Crippen molar-refractivity contribution in [3.63, 3.8) is 0 Å². The molecule has 0 bridgehead atoms. The number of carboxylic acid groups (broad SMARTS) is 1. The van der Waals surface area contributed by atoms with Gasteiger partial charge in [0.2, 0.25) is 5.91 Å². The van der Waals surface area contributed by atoms with E-state index in [2.05, 4.69) is 5.32 Å². The lowest BCUT2D eigenvalue weighted by Gasteiger charge is -2.15. The minimum absolute atomic E-state index is 0.00561. The van der Waals surface area contributed by atoms with Gasteiger partial charge in [-0.2, -0.15) is 0 Å². The van der Waals surface area contributed by atoms with Gasteiger partial charge in [0.15, 0.2) is 0 Å². The number of carbonyl (C=O) groups excluding carboxylic acids is 1. The third kappa shape index (κ3) is 5.78. The number of aliphatic carboxylic acids is 1. The van der Waals surface area contributed by atoms with Crippen LogP contribution in [0.2, 0.25) is 0 Å². The van der Waals surface area contributed by atoms with E-state index in [1.165, 1.54) is 6.92 Å². The van der Waals surface area contributed by atoms with Crippen LogP contribution in [0.5, 0.6) is 5.75 Å². The molecule has 1 aromatic carbocycles. The van der Waals surface area contributed by atoms with Crippen molar-refractivity contribution in [1.82, 2.24) is 5.32 Å². The lowest BCUT2D eigenvalue weighted by Crippen LogP contribution is -2.48. The maximum Gasteiger partial charge on any atom is 0.325 e. The third-order valence-corrected chi connectivity index (χ3v) is 2.79. The van der Waals surface area contributed by atoms with Crippen molar-refractivity contribution in [2.45, 2.75) is 25.4 Å². The van der Waals surface area contributed by atoms with Crippen molar-refractivity contribution < 1.29 is 23.8 Å². The molecule has 0 saturated carbocycles. The minimum atomic E-state index is -1.12. The predicted molar refractivity (Wildman–Crippen MR) is 74.8 cm³/mol. The first-order valence-corrected chi connectivity index (χ1v) is 6.50. The second-order valence-corrected chi connectivity index (χ2v) is 4.56. The highest BCUT2D eigenvalue weighted by atomic mass is 19.1. The van der Waals surface area contributed by atoms with Crippen molar-refractivity contribution in [2.75, 3.05) is 13.3 Å². The van der Waals surface area contributed by atoms with Crippen LogP contribution in [-0.2, 0) is 16.0 Å². The first kappa shape index (κ1) is 16.9. The van der Waals surface area contributed by atoms with E-state index in [1.807, 2.05) is 0 Å². The number of nitrogens with two attached hydrogens (primary N) is 1. The highest BCUT2D eigenvalue weighted by molar-refractivity contribution is 5.86. The molecular weight excluding hydrogens is 279 g/mol. The van der Waals surface area contributed by atoms with Gasteiger partial charge in [0.1, 0.15) is 25.1 Å². The average molecular weight is 298 g/mol. The lowest BCUT2D eigenvalue weighted by molar-refractivity contribution is -0.141. The SMILES string of the molecule is C[C@H](NC(=O)[C@@H](N)Cc1ccc(OCCF)cc1)C(=O)O. The Balaban J connectivity index is 2.52. The van der Waals surface area contributed by atoms with Crippen LogP contribution in [0.15, 0.2) is 24.3 Å². The summed E-state index contributed by atoms with van der Waals surface area (Å²) < 4.78 is 17.0. The number of carbonyl (C=O) groups is 2. The molecule has 0 unspecified atom stereocenters. The summed E-state index contributed by atoms with van der Waals surface area (Å²) in [4.78, 5) is 22.3. The zero-order valence-electron chi connectivity index (χ0n) is 11.7. The van der Waals surface area contributed by atoms with Gasteiger partial charge in [-0.25, -0.2) is 4.39 Å². The number of hydrogen-bond donors (Lipinski definition) is 3. The van der Waals surface area contributed by atoms with Crippen molar-refractivity contribution in [2.24, 2.45) is 5.73 Å². The van der Waals surface area contributed by atoms with Gasteiger partial charge in [0.25, 0.3) is 0 Å². The molecule has 2 atom stereocenters. The Labute approximate surface area is 122 Å². The number of hydrogen-bond acceptors (Lipinski definition) is 4. The summed E-state index contributed by atoms with van der Waals surface area (Å²) in [7, 11) is 0. The average Bonchev–Trinajstić information content (AvgIpc) is 2.46. The molecule has 0 radical (unpaired) electrons. The number of halogens is 1. The zero-order chi connectivity index (χ0) is 15.8. The molecular formula is C14H19FN2O4. The molecule has 0 aliphatic heterocycles. The molecule has 0 aliphatic carbocycles. The van der Waals surface area contributed by atoms with Gasteiger partial charge in [0.05, 0.1) is 6.04 Å². The smallest absolute Gasteiger partial charge is 0.325 e. The van der Waals surface area contributed by atoms with Gasteiger partial charge in [-0.15, -0.1) is 0 Å². The summed E-state index contributed by atoms with van der Waals surface area (Å²) in [5, 5.41) is 11.0. The number of amides is 1. The topological polar surface area (TPSA) is 102 Å². The van der Waals surface area contributed by atoms with Crippen LogP contribution in [0.4, 0.5) is 4.39 Å². The summed E-state index contributed by atoms with van der Waals surface area (Å²) in [6.07, 6.45) is 0.265. The highest BCUT2D eigenvalue weighted by Gasteiger charge is 2.19. The largest absolute Gasteiger partial charge is 0.491 e. The van der Waals surface area contributed by atoms with E-state index >= 15 is 0 Å². The minimum Gasteiger partial charge on any atom is -0.491 e. The monoisotopic (exact) mass is 298 g/mol. The first-order valence-electron chi connectivity index (χ1n) is 6.50. The fourth-order valence-electron chi connectivity index (χ4n) is 1.61. The van der Waals surface area contributed by atoms with E-state index in [9.17, 15) is 14.0 Å². The van der Waals surface area contributed by atoms with E-state index in [-0.39, 0.29) is 13.0 Å². The van der Waals surface area contributed by atoms with Crippen LogP contribution in [-0.4, -0.2) is 42.3 Å². The Morgan fingerprint density at radius 3 is 2.52 bits per heavy atom. The van der Waals surface area contributed by atoms with Gasteiger partial charge >= 0.3 is 5.97 Å². The molecule has 6 nitrogen and oxygen atoms in total. The van der Waals surface area contributed by atoms with Crippen LogP contribution in [0, 0.1) is 0 Å². The molecule has 1 rings (SSSR count). The molecule has 1 aromatic rings. The van der Waals surface area contributed by atoms with Gasteiger partial charge < -0.3 is 20.9 Å². The Morgan fingerprint density at radius 2 is 2.00 bits per heavy atom. The van der Waals surface area contributed by atoms with Crippen molar-refractivity contribution in [1.29, 1.82) is 0 Å². The molecule has 0 saturated heterocycles. The maximum atomic E-state index is 12.0. The van der Waals surface area contributed by atoms with Crippen LogP contribution < -0.4 is 15.8 Å². The molecule has 0 aromatic heterocycles. The fraction of sp³-hybridized carbons (Fsp3) is 0.429. The number of alkyl halides is 1. The second-order valence-electron chi connectivity index (χ2n) is 4.56. The van der Waals surface area contributed by atoms with E-state index in [1.54, 1.807) is 24.3 Å². The molecule has 0 spiro atoms. The number of benzene rings is 1. The van der Waals surface area contributed by atoms with Crippen LogP contribution in [0.1, 0.15) is 12.5 Å². The van der Waals surface area contributed by atoms with Crippen LogP contribution in [0.25, 0.3) is 0 Å². The van der Waals surface area contributed by atoms with Crippen molar-refractivity contribution >= 4 is 11.9 Å². The molecule has 0 heterocycles. The Morgan fingerprint density at radius 1 is 1.38 bits per heavy atom. The second kappa shape index (κ2) is 8.21. The summed E-state index contributed by atoms with van der Waals surface area (Å²) in [5.74, 6) is -1.11. The Bertz CT molecular complexity index is 478. The maximum absolute atomic E-state index is 12.0. The van der Waals surface area contributed by atoms with Gasteiger partial charge in [-0.05, 0) is 31.0 Å². The van der Waals surface area contributed by atoms with Crippen molar-refractivity contribution in [3.8, 4) is 5.75 Å². The van der Waals surface area contributed by atoms with Gasteiger partial charge in [0, 0.05) is 0 Å². The lowest BCUT2D eigenvalue weighted by atomic mass is 10.1. The predicted octanol–water partition coefficient (Wildman–Crippen LogP) is 0.494. The van der Waals surface area contributed by atoms with Crippen LogP contribution >= 0.6 is 0 Å². The summed E-state index contributed by atoms with van der Waals surface area (Å²) in [6.45, 7) is 0.798. The van der Waals surface area contributed by atoms with E-state index in [4.69, 9.17) is 15.6 Å². The molecule has 21 heavy (non-hydrogen) atoms. The molecule has 4 N–H and O–H groups in total. The van der Waals surface area contributed by atoms with Crippen molar-refractivity contribution in [3.05, 3.63) is 29.8 Å². The quantitative estimate of drug-likeness (QED) is 0.648. The third-order valence-electron chi connectivity index (χ3n) is 2.79. The Kier molecular flexibility index (Phi) is 6.61. The molecule has 0 fully saturated rings. The van der Waals surface area contributed by atoms with E-state index in [0.29, 0.717) is 5.75 Å². The zero-order valence-corrected chi connectivity index (χ0v) is 11.7. The normalized spacial score (nSPS) is 13.3.